The zero-order chi connectivity index (χ0) is 15.9. The Labute approximate surface area is 131 Å². The summed E-state index contributed by atoms with van der Waals surface area (Å²) in [6.07, 6.45) is 3.84. The first kappa shape index (κ1) is 16.0. The maximum Gasteiger partial charge on any atom is 0.345 e. The molecule has 0 N–H and O–H groups in total. The van der Waals surface area contributed by atoms with Crippen LogP contribution in [0.5, 0.6) is 11.6 Å². The van der Waals surface area contributed by atoms with Crippen molar-refractivity contribution in [2.24, 2.45) is 0 Å². The molecule has 0 unspecified atom stereocenters. The Balaban J connectivity index is 2.43. The number of rotatable bonds is 6. The highest BCUT2D eigenvalue weighted by Crippen LogP contribution is 2.27. The van der Waals surface area contributed by atoms with Crippen molar-refractivity contribution in [1.29, 1.82) is 0 Å². The summed E-state index contributed by atoms with van der Waals surface area (Å²) in [4.78, 5) is 31.2. The van der Waals surface area contributed by atoms with Crippen molar-refractivity contribution in [1.82, 2.24) is 9.97 Å². The fourth-order valence-electron chi connectivity index (χ4n) is 1.65. The summed E-state index contributed by atoms with van der Waals surface area (Å²) in [5.41, 5.74) is 0.474. The molecule has 0 atom stereocenters. The Morgan fingerprint density at radius 3 is 2.82 bits per heavy atom. The minimum absolute atomic E-state index is 0.0621. The molecular weight excluding hydrogens is 304 g/mol. The van der Waals surface area contributed by atoms with Gasteiger partial charge in [0.2, 0.25) is 5.88 Å². The lowest BCUT2D eigenvalue weighted by atomic mass is 10.2. The van der Waals surface area contributed by atoms with Crippen molar-refractivity contribution < 1.29 is 19.1 Å². The van der Waals surface area contributed by atoms with E-state index in [-0.39, 0.29) is 18.1 Å². The second-order valence-corrected chi connectivity index (χ2v) is 4.83. The van der Waals surface area contributed by atoms with Crippen molar-refractivity contribution in [2.45, 2.75) is 12.1 Å². The summed E-state index contributed by atoms with van der Waals surface area (Å²) in [6.45, 7) is 1.94. The Morgan fingerprint density at radius 1 is 1.36 bits per heavy atom. The zero-order valence-corrected chi connectivity index (χ0v) is 12.9. The first-order valence-electron chi connectivity index (χ1n) is 6.49. The molecule has 22 heavy (non-hydrogen) atoms. The predicted octanol–water partition coefficient (Wildman–Crippen LogP) is 2.98. The largest absolute Gasteiger partial charge is 0.462 e. The monoisotopic (exact) mass is 318 g/mol. The van der Waals surface area contributed by atoms with E-state index in [0.717, 1.165) is 0 Å². The van der Waals surface area contributed by atoms with Crippen LogP contribution in [0.1, 0.15) is 27.6 Å². The lowest BCUT2D eigenvalue weighted by Gasteiger charge is -2.11. The van der Waals surface area contributed by atoms with Gasteiger partial charge in [-0.25, -0.2) is 9.78 Å². The number of aldehydes is 1. The normalized spacial score (nSPS) is 10.1. The van der Waals surface area contributed by atoms with Crippen LogP contribution >= 0.6 is 11.8 Å². The van der Waals surface area contributed by atoms with Gasteiger partial charge in [0.05, 0.1) is 12.2 Å². The number of ether oxygens (including phenoxy) is 2. The zero-order valence-electron chi connectivity index (χ0n) is 12.1. The molecule has 0 aliphatic heterocycles. The van der Waals surface area contributed by atoms with Gasteiger partial charge in [-0.15, -0.1) is 0 Å². The summed E-state index contributed by atoms with van der Waals surface area (Å²) >= 11 is 1.31. The van der Waals surface area contributed by atoms with E-state index in [1.165, 1.54) is 18.0 Å². The second-order valence-electron chi connectivity index (χ2n) is 4.05. The van der Waals surface area contributed by atoms with Crippen LogP contribution in [-0.2, 0) is 4.74 Å². The van der Waals surface area contributed by atoms with Gasteiger partial charge in [0.1, 0.15) is 11.3 Å². The molecule has 0 saturated carbocycles. The Bertz CT molecular complexity index is 691. The summed E-state index contributed by atoms with van der Waals surface area (Å²) in [5, 5.41) is 0.451. The van der Waals surface area contributed by atoms with Crippen LogP contribution in [-0.4, -0.2) is 35.1 Å². The second kappa shape index (κ2) is 7.56. The fraction of sp³-hybridized carbons (Fsp3) is 0.200. The molecular formula is C15H14N2O4S. The molecule has 1 aromatic carbocycles. The summed E-state index contributed by atoms with van der Waals surface area (Å²) in [7, 11) is 0. The quantitative estimate of drug-likeness (QED) is 0.350. The lowest BCUT2D eigenvalue weighted by Crippen LogP contribution is -2.09. The number of benzene rings is 1. The van der Waals surface area contributed by atoms with Crippen molar-refractivity contribution in [3.8, 4) is 11.6 Å². The van der Waals surface area contributed by atoms with E-state index in [2.05, 4.69) is 9.97 Å². The molecule has 7 heteroatoms. The predicted molar refractivity (Wildman–Crippen MR) is 81.7 cm³/mol. The maximum atomic E-state index is 12.0. The smallest absolute Gasteiger partial charge is 0.345 e. The van der Waals surface area contributed by atoms with Crippen LogP contribution in [0.3, 0.4) is 0 Å². The summed E-state index contributed by atoms with van der Waals surface area (Å²) < 4.78 is 10.6. The Hall–Kier alpha value is -2.41. The number of hydrogen-bond acceptors (Lipinski definition) is 7. The van der Waals surface area contributed by atoms with Crippen molar-refractivity contribution in [3.05, 3.63) is 41.6 Å². The number of para-hydroxylation sites is 1. The van der Waals surface area contributed by atoms with Gasteiger partial charge in [-0.05, 0) is 25.3 Å². The highest BCUT2D eigenvalue weighted by molar-refractivity contribution is 7.98. The number of nitrogens with zero attached hydrogens (tertiary/aromatic N) is 2. The molecule has 0 spiro atoms. The van der Waals surface area contributed by atoms with Crippen LogP contribution < -0.4 is 4.74 Å². The van der Waals surface area contributed by atoms with Gasteiger partial charge in [0.25, 0.3) is 0 Å². The summed E-state index contributed by atoms with van der Waals surface area (Å²) in [5.74, 6) is -0.199. The van der Waals surface area contributed by atoms with Crippen molar-refractivity contribution in [2.75, 3.05) is 12.9 Å². The van der Waals surface area contributed by atoms with Crippen molar-refractivity contribution in [3.63, 3.8) is 0 Å². The molecule has 0 saturated heterocycles. The molecule has 0 aliphatic carbocycles. The molecule has 114 valence electrons. The first-order chi connectivity index (χ1) is 10.7. The topological polar surface area (TPSA) is 78.4 Å². The highest BCUT2D eigenvalue weighted by atomic mass is 32.2. The van der Waals surface area contributed by atoms with Crippen LogP contribution in [0.25, 0.3) is 0 Å². The lowest BCUT2D eigenvalue weighted by molar-refractivity contribution is 0.0521. The third kappa shape index (κ3) is 3.62. The van der Waals surface area contributed by atoms with E-state index in [1.807, 2.05) is 6.26 Å². The molecule has 0 radical (unpaired) electrons. The minimum Gasteiger partial charge on any atom is -0.462 e. The Morgan fingerprint density at radius 2 is 2.14 bits per heavy atom. The standard InChI is InChI=1S/C15H14N2O4S/c1-3-20-14(19)11-8-16-15(22-2)17-13(11)21-12-7-5-4-6-10(12)9-18/h4-9H,3H2,1-2H3. The number of carbonyl (C=O) groups excluding carboxylic acids is 2. The van der Waals surface area contributed by atoms with E-state index >= 15 is 0 Å². The third-order valence-electron chi connectivity index (χ3n) is 2.66. The van der Waals surface area contributed by atoms with E-state index < -0.39 is 5.97 Å². The van der Waals surface area contributed by atoms with Gasteiger partial charge in [-0.1, -0.05) is 23.9 Å². The SMILES string of the molecule is CCOC(=O)c1cnc(SC)nc1Oc1ccccc1C=O. The van der Waals surface area contributed by atoms with Crippen molar-refractivity contribution >= 4 is 24.0 Å². The molecule has 2 rings (SSSR count). The fourth-order valence-corrected chi connectivity index (χ4v) is 1.98. The van der Waals surface area contributed by atoms with E-state index in [0.29, 0.717) is 22.8 Å². The number of aromatic nitrogens is 2. The Kier molecular flexibility index (Phi) is 5.48. The molecule has 0 amide bonds. The first-order valence-corrected chi connectivity index (χ1v) is 7.72. The molecule has 6 nitrogen and oxygen atoms in total. The van der Waals surface area contributed by atoms with Crippen LogP contribution in [0.4, 0.5) is 0 Å². The number of esters is 1. The van der Waals surface area contributed by atoms with E-state index in [4.69, 9.17) is 9.47 Å². The molecule has 0 bridgehead atoms. The van der Waals surface area contributed by atoms with Gasteiger partial charge in [-0.3, -0.25) is 4.79 Å². The molecule has 2 aromatic rings. The van der Waals surface area contributed by atoms with Gasteiger partial charge in [-0.2, -0.15) is 4.98 Å². The van der Waals surface area contributed by atoms with Crippen LogP contribution in [0, 0.1) is 0 Å². The van der Waals surface area contributed by atoms with Crippen LogP contribution in [0.15, 0.2) is 35.6 Å². The number of hydrogen-bond donors (Lipinski definition) is 0. The minimum atomic E-state index is -0.575. The third-order valence-corrected chi connectivity index (χ3v) is 3.22. The van der Waals surface area contributed by atoms with E-state index in [9.17, 15) is 9.59 Å². The average molecular weight is 318 g/mol. The highest BCUT2D eigenvalue weighted by Gasteiger charge is 2.18. The van der Waals surface area contributed by atoms with E-state index in [1.54, 1.807) is 31.2 Å². The molecule has 0 aliphatic rings. The molecule has 1 heterocycles. The van der Waals surface area contributed by atoms with Gasteiger partial charge >= 0.3 is 5.97 Å². The number of carbonyl (C=O) groups is 2. The maximum absolute atomic E-state index is 12.0. The molecule has 1 aromatic heterocycles. The van der Waals surface area contributed by atoms with Crippen LogP contribution in [0.2, 0.25) is 0 Å². The van der Waals surface area contributed by atoms with Gasteiger partial charge < -0.3 is 9.47 Å². The molecule has 0 fully saturated rings. The average Bonchev–Trinajstić information content (AvgIpc) is 2.55. The number of thioether (sulfide) groups is 1. The van der Waals surface area contributed by atoms with Gasteiger partial charge in [0, 0.05) is 6.20 Å². The van der Waals surface area contributed by atoms with Gasteiger partial charge in [0.15, 0.2) is 11.4 Å². The summed E-state index contributed by atoms with van der Waals surface area (Å²) in [6, 6.07) is 6.68.